The van der Waals surface area contributed by atoms with Crippen LogP contribution in [0.5, 0.6) is 5.75 Å². The van der Waals surface area contributed by atoms with Crippen LogP contribution < -0.4 is 10.5 Å². The third kappa shape index (κ3) is 2.89. The summed E-state index contributed by atoms with van der Waals surface area (Å²) in [5, 5.41) is 1.03. The number of thiazole rings is 1. The summed E-state index contributed by atoms with van der Waals surface area (Å²) in [6.07, 6.45) is 0. The summed E-state index contributed by atoms with van der Waals surface area (Å²) in [6.45, 7) is 2.67. The minimum atomic E-state index is 0.564. The highest BCUT2D eigenvalue weighted by molar-refractivity contribution is 7.15. The van der Waals surface area contributed by atoms with Crippen molar-refractivity contribution < 1.29 is 4.74 Å². The number of hydrogen-bond donors (Lipinski definition) is 1. The van der Waals surface area contributed by atoms with Gasteiger partial charge in [0.2, 0.25) is 0 Å². The number of ether oxygens (including phenoxy) is 1. The van der Waals surface area contributed by atoms with Gasteiger partial charge in [0.1, 0.15) is 10.8 Å². The first kappa shape index (κ1) is 14.8. The second kappa shape index (κ2) is 6.30. The number of aromatic nitrogens is 1. The molecule has 0 bridgehead atoms. The Morgan fingerprint density at radius 1 is 1.00 bits per heavy atom. The van der Waals surface area contributed by atoms with Gasteiger partial charge in [-0.1, -0.05) is 24.3 Å². The van der Waals surface area contributed by atoms with Crippen molar-refractivity contribution >= 4 is 11.3 Å². The average molecular weight is 310 g/mol. The first-order valence-electron chi connectivity index (χ1n) is 7.12. The topological polar surface area (TPSA) is 48.1 Å². The van der Waals surface area contributed by atoms with Crippen molar-refractivity contribution in [2.24, 2.45) is 5.73 Å². The van der Waals surface area contributed by atoms with Crippen molar-refractivity contribution in [2.45, 2.75) is 13.5 Å². The second-order valence-electron chi connectivity index (χ2n) is 5.05. The number of benzene rings is 2. The van der Waals surface area contributed by atoms with E-state index in [9.17, 15) is 0 Å². The molecule has 2 aromatic carbocycles. The normalized spacial score (nSPS) is 10.7. The summed E-state index contributed by atoms with van der Waals surface area (Å²) in [5.74, 6) is 0.856. The number of nitrogens with two attached hydrogens (primary N) is 1. The molecule has 1 aromatic heterocycles. The zero-order valence-corrected chi connectivity index (χ0v) is 13.5. The Morgan fingerprint density at radius 2 is 1.64 bits per heavy atom. The molecule has 0 fully saturated rings. The predicted molar refractivity (Wildman–Crippen MR) is 92.2 cm³/mol. The van der Waals surface area contributed by atoms with Gasteiger partial charge < -0.3 is 10.5 Å². The molecule has 0 saturated carbocycles. The lowest BCUT2D eigenvalue weighted by atomic mass is 10.1. The average Bonchev–Trinajstić information content (AvgIpc) is 2.97. The van der Waals surface area contributed by atoms with Crippen LogP contribution >= 0.6 is 11.3 Å². The molecule has 0 unspecified atom stereocenters. The minimum Gasteiger partial charge on any atom is -0.497 e. The Morgan fingerprint density at radius 3 is 2.23 bits per heavy atom. The highest BCUT2D eigenvalue weighted by Gasteiger charge is 2.11. The number of hydrogen-bond acceptors (Lipinski definition) is 4. The van der Waals surface area contributed by atoms with E-state index in [0.29, 0.717) is 6.54 Å². The lowest BCUT2D eigenvalue weighted by molar-refractivity contribution is 0.415. The SMILES string of the molecule is COc1ccc(-c2nc(-c3ccc(CN)cc3)sc2C)cc1. The lowest BCUT2D eigenvalue weighted by Gasteiger charge is -2.02. The molecule has 4 heteroatoms. The van der Waals surface area contributed by atoms with Gasteiger partial charge in [0.25, 0.3) is 0 Å². The van der Waals surface area contributed by atoms with Crippen molar-refractivity contribution in [3.8, 4) is 27.6 Å². The summed E-state index contributed by atoms with van der Waals surface area (Å²) in [7, 11) is 1.67. The van der Waals surface area contributed by atoms with Crippen LogP contribution in [-0.4, -0.2) is 12.1 Å². The van der Waals surface area contributed by atoms with E-state index >= 15 is 0 Å². The Balaban J connectivity index is 1.95. The number of nitrogens with zero attached hydrogens (tertiary/aromatic N) is 1. The quantitative estimate of drug-likeness (QED) is 0.783. The zero-order valence-electron chi connectivity index (χ0n) is 12.7. The molecule has 3 aromatic rings. The molecule has 2 N–H and O–H groups in total. The maximum absolute atomic E-state index is 5.64. The van der Waals surface area contributed by atoms with Gasteiger partial charge >= 0.3 is 0 Å². The van der Waals surface area contributed by atoms with Crippen molar-refractivity contribution in [2.75, 3.05) is 7.11 Å². The lowest BCUT2D eigenvalue weighted by Crippen LogP contribution is -1.95. The summed E-state index contributed by atoms with van der Waals surface area (Å²) < 4.78 is 5.20. The van der Waals surface area contributed by atoms with Crippen LogP contribution in [0.2, 0.25) is 0 Å². The fourth-order valence-corrected chi connectivity index (χ4v) is 3.26. The molecular formula is C18H18N2OS. The molecule has 0 amide bonds. The Labute approximate surface area is 134 Å². The summed E-state index contributed by atoms with van der Waals surface area (Å²) in [4.78, 5) is 6.02. The van der Waals surface area contributed by atoms with Gasteiger partial charge in [-0.3, -0.25) is 0 Å². The molecule has 22 heavy (non-hydrogen) atoms. The Bertz CT molecular complexity index is 761. The molecular weight excluding hydrogens is 292 g/mol. The van der Waals surface area contributed by atoms with Gasteiger partial charge in [0.05, 0.1) is 12.8 Å². The smallest absolute Gasteiger partial charge is 0.124 e. The summed E-state index contributed by atoms with van der Waals surface area (Å²) in [6, 6.07) is 16.3. The number of rotatable bonds is 4. The summed E-state index contributed by atoms with van der Waals surface area (Å²) >= 11 is 1.71. The Kier molecular flexibility index (Phi) is 4.22. The maximum Gasteiger partial charge on any atom is 0.124 e. The molecule has 3 nitrogen and oxygen atoms in total. The third-order valence-electron chi connectivity index (χ3n) is 3.60. The fourth-order valence-electron chi connectivity index (χ4n) is 2.32. The van der Waals surface area contributed by atoms with Gasteiger partial charge in [-0.05, 0) is 36.8 Å². The molecule has 0 aliphatic carbocycles. The highest BCUT2D eigenvalue weighted by atomic mass is 32.1. The van der Waals surface area contributed by atoms with E-state index in [2.05, 4.69) is 31.2 Å². The third-order valence-corrected chi connectivity index (χ3v) is 4.62. The van der Waals surface area contributed by atoms with Crippen LogP contribution in [0.25, 0.3) is 21.8 Å². The van der Waals surface area contributed by atoms with E-state index in [4.69, 9.17) is 15.5 Å². The van der Waals surface area contributed by atoms with E-state index in [1.54, 1.807) is 18.4 Å². The maximum atomic E-state index is 5.64. The Hall–Kier alpha value is -2.17. The van der Waals surface area contributed by atoms with Gasteiger partial charge in [-0.15, -0.1) is 11.3 Å². The second-order valence-corrected chi connectivity index (χ2v) is 6.26. The highest BCUT2D eigenvalue weighted by Crippen LogP contribution is 2.33. The van der Waals surface area contributed by atoms with Crippen molar-refractivity contribution in [1.82, 2.24) is 4.98 Å². The van der Waals surface area contributed by atoms with E-state index in [-0.39, 0.29) is 0 Å². The van der Waals surface area contributed by atoms with Gasteiger partial charge in [-0.25, -0.2) is 4.98 Å². The van der Waals surface area contributed by atoms with E-state index in [1.165, 1.54) is 4.88 Å². The molecule has 0 aliphatic rings. The van der Waals surface area contributed by atoms with Crippen molar-refractivity contribution in [3.05, 3.63) is 59.0 Å². The molecule has 1 heterocycles. The minimum absolute atomic E-state index is 0.564. The molecule has 0 atom stereocenters. The van der Waals surface area contributed by atoms with E-state index in [0.717, 1.165) is 33.1 Å². The molecule has 0 radical (unpaired) electrons. The van der Waals surface area contributed by atoms with Gasteiger partial charge in [-0.2, -0.15) is 0 Å². The van der Waals surface area contributed by atoms with Crippen LogP contribution in [0.4, 0.5) is 0 Å². The molecule has 0 saturated heterocycles. The first-order valence-corrected chi connectivity index (χ1v) is 7.94. The van der Waals surface area contributed by atoms with Crippen molar-refractivity contribution in [1.29, 1.82) is 0 Å². The molecule has 3 rings (SSSR count). The monoisotopic (exact) mass is 310 g/mol. The van der Waals surface area contributed by atoms with E-state index in [1.807, 2.05) is 24.3 Å². The molecule has 112 valence electrons. The molecule has 0 aliphatic heterocycles. The number of methoxy groups -OCH3 is 1. The zero-order chi connectivity index (χ0) is 15.5. The summed E-state index contributed by atoms with van der Waals surface area (Å²) in [5.41, 5.74) is 10.0. The largest absolute Gasteiger partial charge is 0.497 e. The van der Waals surface area contributed by atoms with Crippen LogP contribution in [0.15, 0.2) is 48.5 Å². The van der Waals surface area contributed by atoms with Gasteiger partial charge in [0.15, 0.2) is 0 Å². The van der Waals surface area contributed by atoms with Crippen LogP contribution in [-0.2, 0) is 6.54 Å². The van der Waals surface area contributed by atoms with Crippen LogP contribution in [0.3, 0.4) is 0 Å². The van der Waals surface area contributed by atoms with Gasteiger partial charge in [0, 0.05) is 22.5 Å². The number of aryl methyl sites for hydroxylation is 1. The first-order chi connectivity index (χ1) is 10.7. The van der Waals surface area contributed by atoms with Crippen LogP contribution in [0.1, 0.15) is 10.4 Å². The predicted octanol–water partition coefficient (Wildman–Crippen LogP) is 4.25. The molecule has 0 spiro atoms. The standard InChI is InChI=1S/C18H18N2OS/c1-12-17(14-7-9-16(21-2)10-8-14)20-18(22-12)15-5-3-13(11-19)4-6-15/h3-10H,11,19H2,1-2H3. The fraction of sp³-hybridized carbons (Fsp3) is 0.167. The van der Waals surface area contributed by atoms with Crippen LogP contribution in [0, 0.1) is 6.92 Å². The van der Waals surface area contributed by atoms with E-state index < -0.39 is 0 Å². The van der Waals surface area contributed by atoms with Crippen molar-refractivity contribution in [3.63, 3.8) is 0 Å².